The lowest BCUT2D eigenvalue weighted by Gasteiger charge is -2.05. The maximum Gasteiger partial charge on any atom is 0.320 e. The predicted octanol–water partition coefficient (Wildman–Crippen LogP) is 0.988. The van der Waals surface area contributed by atoms with Gasteiger partial charge >= 0.3 is 11.9 Å². The average molecular weight is 346 g/mol. The van der Waals surface area contributed by atoms with Crippen molar-refractivity contribution in [3.05, 3.63) is 65.7 Å². The van der Waals surface area contributed by atoms with Gasteiger partial charge in [0.05, 0.1) is 0 Å². The summed E-state index contributed by atoms with van der Waals surface area (Å²) in [5.41, 5.74) is 12.4. The molecule has 0 saturated heterocycles. The highest BCUT2D eigenvalue weighted by Gasteiger charge is 2.12. The minimum atomic E-state index is -1.02. The van der Waals surface area contributed by atoms with E-state index in [9.17, 15) is 9.59 Å². The van der Waals surface area contributed by atoms with Crippen LogP contribution in [0.5, 0.6) is 5.75 Å². The van der Waals surface area contributed by atoms with Crippen LogP contribution in [0.2, 0.25) is 0 Å². The molecule has 0 saturated carbocycles. The average Bonchev–Trinajstić information content (AvgIpc) is 2.58. The van der Waals surface area contributed by atoms with Gasteiger partial charge in [-0.1, -0.05) is 42.5 Å². The molecule has 1 unspecified atom stereocenters. The smallest absolute Gasteiger partial charge is 0.320 e. The lowest BCUT2D eigenvalue weighted by atomic mass is 10.1. The standard InChI is InChI=1S/C9H11NO3.C9H11NO2/c10-8(9(12)13)5-6-1-3-7(11)4-2-6;10-8(9(11)12)6-7-4-2-1-3-5-7/h1-4,8,11H,5,10H2,(H,12,13);1-5,8H,6,10H2,(H,11,12)/t8-;/m0./s1. The van der Waals surface area contributed by atoms with E-state index in [0.717, 1.165) is 11.1 Å². The van der Waals surface area contributed by atoms with Crippen LogP contribution in [0, 0.1) is 0 Å². The molecule has 0 fully saturated rings. The molecular formula is C18H22N2O5. The van der Waals surface area contributed by atoms with Gasteiger partial charge in [-0.25, -0.2) is 0 Å². The molecule has 2 atom stereocenters. The normalized spacial score (nSPS) is 12.4. The zero-order valence-corrected chi connectivity index (χ0v) is 13.6. The lowest BCUT2D eigenvalue weighted by molar-refractivity contribution is -0.139. The molecule has 0 spiro atoms. The van der Waals surface area contributed by atoms with Crippen molar-refractivity contribution in [3.63, 3.8) is 0 Å². The van der Waals surface area contributed by atoms with Gasteiger partial charge in [0.15, 0.2) is 0 Å². The van der Waals surface area contributed by atoms with Gasteiger partial charge < -0.3 is 26.8 Å². The maximum absolute atomic E-state index is 10.4. The molecule has 0 aliphatic rings. The van der Waals surface area contributed by atoms with E-state index in [1.807, 2.05) is 30.3 Å². The highest BCUT2D eigenvalue weighted by molar-refractivity contribution is 5.73. The highest BCUT2D eigenvalue weighted by Crippen LogP contribution is 2.10. The number of carboxylic acids is 2. The van der Waals surface area contributed by atoms with Gasteiger partial charge in [0, 0.05) is 0 Å². The Kier molecular flexibility index (Phi) is 8.11. The number of aromatic hydroxyl groups is 1. The fourth-order valence-corrected chi connectivity index (χ4v) is 1.93. The first-order chi connectivity index (χ1) is 11.8. The third-order valence-corrected chi connectivity index (χ3v) is 3.32. The molecule has 7 nitrogen and oxygen atoms in total. The van der Waals surface area contributed by atoms with Crippen molar-refractivity contribution in [2.24, 2.45) is 11.5 Å². The summed E-state index contributed by atoms with van der Waals surface area (Å²) in [4.78, 5) is 20.8. The van der Waals surface area contributed by atoms with E-state index in [-0.39, 0.29) is 12.2 Å². The van der Waals surface area contributed by atoms with Crippen molar-refractivity contribution in [1.82, 2.24) is 0 Å². The van der Waals surface area contributed by atoms with E-state index >= 15 is 0 Å². The van der Waals surface area contributed by atoms with Crippen LogP contribution in [0.15, 0.2) is 54.6 Å². The van der Waals surface area contributed by atoms with E-state index in [4.69, 9.17) is 26.8 Å². The summed E-state index contributed by atoms with van der Waals surface area (Å²) in [5.74, 6) is -1.82. The fraction of sp³-hybridized carbons (Fsp3) is 0.222. The monoisotopic (exact) mass is 346 g/mol. The Hall–Kier alpha value is -2.90. The second-order valence-electron chi connectivity index (χ2n) is 5.45. The largest absolute Gasteiger partial charge is 0.508 e. The Morgan fingerprint density at radius 2 is 1.16 bits per heavy atom. The minimum absolute atomic E-state index is 0.160. The lowest BCUT2D eigenvalue weighted by Crippen LogP contribution is -2.32. The van der Waals surface area contributed by atoms with Gasteiger partial charge in [-0.2, -0.15) is 0 Å². The van der Waals surface area contributed by atoms with Crippen molar-refractivity contribution >= 4 is 11.9 Å². The van der Waals surface area contributed by atoms with Crippen LogP contribution >= 0.6 is 0 Å². The first kappa shape index (κ1) is 20.1. The summed E-state index contributed by atoms with van der Waals surface area (Å²) in [6.45, 7) is 0. The number of phenols is 1. The van der Waals surface area contributed by atoms with Crippen LogP contribution in [0.25, 0.3) is 0 Å². The van der Waals surface area contributed by atoms with E-state index in [0.29, 0.717) is 6.42 Å². The van der Waals surface area contributed by atoms with Gasteiger partial charge in [0.2, 0.25) is 0 Å². The number of phenolic OH excluding ortho intramolecular Hbond substituents is 1. The zero-order chi connectivity index (χ0) is 18.8. The molecule has 2 aromatic rings. The summed E-state index contributed by atoms with van der Waals surface area (Å²) < 4.78 is 0. The molecule has 2 aromatic carbocycles. The summed E-state index contributed by atoms with van der Waals surface area (Å²) >= 11 is 0. The molecule has 0 bridgehead atoms. The van der Waals surface area contributed by atoms with E-state index < -0.39 is 24.0 Å². The van der Waals surface area contributed by atoms with Crippen LogP contribution in [0.1, 0.15) is 11.1 Å². The molecule has 7 N–H and O–H groups in total. The molecule has 0 aliphatic carbocycles. The summed E-state index contributed by atoms with van der Waals surface area (Å²) in [6, 6.07) is 14.0. The SMILES string of the molecule is NC(Cc1ccccc1)C(=O)O.N[C@@H](Cc1ccc(O)cc1)C(=O)O. The molecule has 0 amide bonds. The van der Waals surface area contributed by atoms with E-state index in [1.165, 1.54) is 12.1 Å². The molecule has 2 rings (SSSR count). The summed E-state index contributed by atoms with van der Waals surface area (Å²) in [7, 11) is 0. The summed E-state index contributed by atoms with van der Waals surface area (Å²) in [6.07, 6.45) is 0.659. The topological polar surface area (TPSA) is 147 Å². The predicted molar refractivity (Wildman–Crippen MR) is 93.2 cm³/mol. The van der Waals surface area contributed by atoms with Crippen molar-refractivity contribution in [3.8, 4) is 5.75 Å². The Labute approximate surface area is 145 Å². The maximum atomic E-state index is 10.4. The van der Waals surface area contributed by atoms with Gasteiger partial charge in [0.25, 0.3) is 0 Å². The van der Waals surface area contributed by atoms with Crippen molar-refractivity contribution < 1.29 is 24.9 Å². The molecule has 7 heteroatoms. The third kappa shape index (κ3) is 7.96. The Bertz CT molecular complexity index is 674. The number of nitrogens with two attached hydrogens (primary N) is 2. The number of rotatable bonds is 6. The van der Waals surface area contributed by atoms with Crippen LogP contribution in [-0.2, 0) is 22.4 Å². The molecule has 134 valence electrons. The Morgan fingerprint density at radius 3 is 1.56 bits per heavy atom. The molecule has 25 heavy (non-hydrogen) atoms. The van der Waals surface area contributed by atoms with Gasteiger partial charge in [-0.05, 0) is 36.1 Å². The van der Waals surface area contributed by atoms with Crippen molar-refractivity contribution in [2.45, 2.75) is 24.9 Å². The number of aliphatic carboxylic acids is 2. The van der Waals surface area contributed by atoms with Crippen molar-refractivity contribution in [2.75, 3.05) is 0 Å². The van der Waals surface area contributed by atoms with Gasteiger partial charge in [-0.3, -0.25) is 9.59 Å². The molecular weight excluding hydrogens is 324 g/mol. The number of hydrogen-bond acceptors (Lipinski definition) is 5. The van der Waals surface area contributed by atoms with Crippen LogP contribution in [0.4, 0.5) is 0 Å². The highest BCUT2D eigenvalue weighted by atomic mass is 16.4. The Morgan fingerprint density at radius 1 is 0.760 bits per heavy atom. The minimum Gasteiger partial charge on any atom is -0.508 e. The van der Waals surface area contributed by atoms with Crippen LogP contribution < -0.4 is 11.5 Å². The number of carbonyl (C=O) groups is 2. The first-order valence-electron chi connectivity index (χ1n) is 7.58. The number of benzene rings is 2. The molecule has 0 aromatic heterocycles. The second kappa shape index (κ2) is 10.1. The Balaban J connectivity index is 0.000000251. The van der Waals surface area contributed by atoms with E-state index in [1.54, 1.807) is 12.1 Å². The number of hydrogen-bond donors (Lipinski definition) is 5. The first-order valence-corrected chi connectivity index (χ1v) is 7.58. The second-order valence-corrected chi connectivity index (χ2v) is 5.45. The van der Waals surface area contributed by atoms with Gasteiger partial charge in [-0.15, -0.1) is 0 Å². The van der Waals surface area contributed by atoms with Crippen molar-refractivity contribution in [1.29, 1.82) is 0 Å². The van der Waals surface area contributed by atoms with E-state index in [2.05, 4.69) is 0 Å². The molecule has 0 heterocycles. The number of carboxylic acid groups (broad SMARTS) is 2. The summed E-state index contributed by atoms with van der Waals surface area (Å²) in [5, 5.41) is 26.0. The third-order valence-electron chi connectivity index (χ3n) is 3.32. The zero-order valence-electron chi connectivity index (χ0n) is 13.6. The quantitative estimate of drug-likeness (QED) is 0.524. The molecule has 0 radical (unpaired) electrons. The van der Waals surface area contributed by atoms with Crippen LogP contribution in [0.3, 0.4) is 0 Å². The van der Waals surface area contributed by atoms with Gasteiger partial charge in [0.1, 0.15) is 17.8 Å². The fourth-order valence-electron chi connectivity index (χ4n) is 1.93. The van der Waals surface area contributed by atoms with Crippen LogP contribution in [-0.4, -0.2) is 39.3 Å². The molecule has 0 aliphatic heterocycles.